The highest BCUT2D eigenvalue weighted by Gasteiger charge is 2.32. The maximum atomic E-state index is 14.0. The van der Waals surface area contributed by atoms with E-state index < -0.39 is 41.8 Å². The Labute approximate surface area is 142 Å². The largest absolute Gasteiger partial charge is 0.364 e. The Kier molecular flexibility index (Phi) is 4.04. The molecule has 4 N–H and O–H groups in total. The van der Waals surface area contributed by atoms with Gasteiger partial charge in [0.15, 0.2) is 0 Å². The van der Waals surface area contributed by atoms with Crippen molar-refractivity contribution in [1.82, 2.24) is 4.72 Å². The number of hydrogen-bond donors (Lipinski definition) is 3. The van der Waals surface area contributed by atoms with Crippen molar-refractivity contribution in [3.8, 4) is 0 Å². The standard InChI is InChI=1S/C13H11ClFN3O4S2/c14-8-3-1-7(2-4-8)13-17-10-5-9(15)11(23(16,19)20)6-12(10)24(21,22)18-13/h1-6,13,17-18H,(H2,16,19,20)/t13-/m1/s1. The Morgan fingerprint density at radius 1 is 1.17 bits per heavy atom. The summed E-state index contributed by atoms with van der Waals surface area (Å²) >= 11 is 5.79. The maximum Gasteiger partial charge on any atom is 0.244 e. The van der Waals surface area contributed by atoms with E-state index in [1.54, 1.807) is 24.3 Å². The SMILES string of the molecule is NS(=O)(=O)c1cc2c(cc1F)N[C@@H](c1ccc(Cl)cc1)NS2(=O)=O. The van der Waals surface area contributed by atoms with E-state index >= 15 is 0 Å². The molecule has 1 aliphatic rings. The van der Waals surface area contributed by atoms with E-state index in [0.717, 1.165) is 6.07 Å². The quantitative estimate of drug-likeness (QED) is 0.717. The lowest BCUT2D eigenvalue weighted by Crippen LogP contribution is -2.38. The molecule has 0 bridgehead atoms. The molecular weight excluding hydrogens is 381 g/mol. The van der Waals surface area contributed by atoms with Gasteiger partial charge in [-0.1, -0.05) is 23.7 Å². The van der Waals surface area contributed by atoms with Crippen molar-refractivity contribution >= 4 is 37.3 Å². The number of halogens is 2. The van der Waals surface area contributed by atoms with Gasteiger partial charge in [0.1, 0.15) is 21.8 Å². The molecule has 0 fully saturated rings. The summed E-state index contributed by atoms with van der Waals surface area (Å²) in [6.45, 7) is 0. The summed E-state index contributed by atoms with van der Waals surface area (Å²) < 4.78 is 63.8. The Morgan fingerprint density at radius 3 is 2.38 bits per heavy atom. The molecule has 0 radical (unpaired) electrons. The molecule has 0 aromatic heterocycles. The van der Waals surface area contributed by atoms with Gasteiger partial charge in [-0.15, -0.1) is 0 Å². The van der Waals surface area contributed by atoms with Gasteiger partial charge >= 0.3 is 0 Å². The maximum absolute atomic E-state index is 14.0. The lowest BCUT2D eigenvalue weighted by atomic mass is 10.1. The number of fused-ring (bicyclic) bond motifs is 1. The summed E-state index contributed by atoms with van der Waals surface area (Å²) in [5.74, 6) is -1.14. The first-order valence-corrected chi connectivity index (χ1v) is 9.89. The molecule has 0 saturated carbocycles. The smallest absolute Gasteiger partial charge is 0.244 e. The fourth-order valence-corrected chi connectivity index (χ4v) is 4.42. The molecule has 0 saturated heterocycles. The first-order chi connectivity index (χ1) is 11.1. The van der Waals surface area contributed by atoms with Crippen molar-refractivity contribution in [2.45, 2.75) is 16.0 Å². The van der Waals surface area contributed by atoms with Crippen LogP contribution in [0, 0.1) is 5.82 Å². The molecule has 11 heteroatoms. The predicted octanol–water partition coefficient (Wildman–Crippen LogP) is 1.53. The third-order valence-corrected chi connectivity index (χ3v) is 6.05. The molecule has 0 unspecified atom stereocenters. The van der Waals surface area contributed by atoms with E-state index in [9.17, 15) is 21.2 Å². The van der Waals surface area contributed by atoms with Crippen LogP contribution in [0.15, 0.2) is 46.2 Å². The Hall–Kier alpha value is -1.72. The van der Waals surface area contributed by atoms with Crippen LogP contribution < -0.4 is 15.2 Å². The van der Waals surface area contributed by atoms with Crippen molar-refractivity contribution in [2.24, 2.45) is 5.14 Å². The van der Waals surface area contributed by atoms with Crippen LogP contribution in [0.2, 0.25) is 5.02 Å². The highest BCUT2D eigenvalue weighted by molar-refractivity contribution is 7.90. The predicted molar refractivity (Wildman–Crippen MR) is 85.9 cm³/mol. The molecule has 128 valence electrons. The zero-order chi connectivity index (χ0) is 17.7. The van der Waals surface area contributed by atoms with Crippen LogP contribution in [0.4, 0.5) is 10.1 Å². The van der Waals surface area contributed by atoms with Crippen LogP contribution in [0.25, 0.3) is 0 Å². The first-order valence-electron chi connectivity index (χ1n) is 6.48. The van der Waals surface area contributed by atoms with Gasteiger partial charge in [-0.3, -0.25) is 0 Å². The molecule has 0 amide bonds. The Bertz CT molecular complexity index is 1020. The molecule has 1 heterocycles. The summed E-state index contributed by atoms with van der Waals surface area (Å²) in [7, 11) is -8.48. The number of hydrogen-bond acceptors (Lipinski definition) is 5. The average Bonchev–Trinajstić information content (AvgIpc) is 2.45. The van der Waals surface area contributed by atoms with Crippen molar-refractivity contribution in [1.29, 1.82) is 0 Å². The van der Waals surface area contributed by atoms with Gasteiger partial charge in [0.25, 0.3) is 0 Å². The van der Waals surface area contributed by atoms with Crippen LogP contribution >= 0.6 is 11.6 Å². The summed E-state index contributed by atoms with van der Waals surface area (Å²) in [5, 5.41) is 8.17. The van der Waals surface area contributed by atoms with Crippen molar-refractivity contribution in [3.63, 3.8) is 0 Å². The van der Waals surface area contributed by atoms with Gasteiger partial charge in [0.05, 0.1) is 5.69 Å². The van der Waals surface area contributed by atoms with Gasteiger partial charge in [-0.05, 0) is 29.8 Å². The van der Waals surface area contributed by atoms with Gasteiger partial charge < -0.3 is 5.32 Å². The normalized spacial score (nSPS) is 19.4. The highest BCUT2D eigenvalue weighted by atomic mass is 35.5. The topological polar surface area (TPSA) is 118 Å². The summed E-state index contributed by atoms with van der Waals surface area (Å²) in [4.78, 5) is -1.29. The van der Waals surface area contributed by atoms with E-state index in [-0.39, 0.29) is 5.69 Å². The lowest BCUT2D eigenvalue weighted by molar-refractivity contribution is 0.553. The number of rotatable bonds is 2. The fourth-order valence-electron chi connectivity index (χ4n) is 2.30. The van der Waals surface area contributed by atoms with E-state index in [1.165, 1.54) is 0 Å². The van der Waals surface area contributed by atoms with Crippen LogP contribution in [-0.2, 0) is 20.0 Å². The minimum atomic E-state index is -4.40. The third kappa shape index (κ3) is 3.10. The molecule has 2 aromatic carbocycles. The number of nitrogens with one attached hydrogen (secondary N) is 2. The van der Waals surface area contributed by atoms with Gasteiger partial charge in [0, 0.05) is 5.02 Å². The second-order valence-electron chi connectivity index (χ2n) is 5.07. The van der Waals surface area contributed by atoms with Gasteiger partial charge in [0.2, 0.25) is 20.0 Å². The van der Waals surface area contributed by atoms with Gasteiger partial charge in [-0.2, -0.15) is 4.72 Å². The van der Waals surface area contributed by atoms with Crippen LogP contribution in [-0.4, -0.2) is 16.8 Å². The van der Waals surface area contributed by atoms with Crippen LogP contribution in [0.3, 0.4) is 0 Å². The molecule has 1 aliphatic heterocycles. The van der Waals surface area contributed by atoms with Gasteiger partial charge in [-0.25, -0.2) is 26.4 Å². The van der Waals surface area contributed by atoms with Crippen molar-refractivity contribution in [3.05, 3.63) is 52.8 Å². The number of nitrogens with two attached hydrogens (primary N) is 1. The second kappa shape index (κ2) is 5.67. The van der Waals surface area contributed by atoms with Crippen molar-refractivity contribution < 1.29 is 21.2 Å². The highest BCUT2D eigenvalue weighted by Crippen LogP contribution is 2.34. The Balaban J connectivity index is 2.12. The second-order valence-corrected chi connectivity index (χ2v) is 8.72. The number of sulfonamides is 2. The summed E-state index contributed by atoms with van der Waals surface area (Å²) in [5.41, 5.74) is 0.475. The molecule has 2 aromatic rings. The minimum absolute atomic E-state index is 0.0707. The van der Waals surface area contributed by atoms with Crippen molar-refractivity contribution in [2.75, 3.05) is 5.32 Å². The first kappa shape index (κ1) is 17.1. The number of primary sulfonamides is 1. The summed E-state index contributed by atoms with van der Waals surface area (Å²) in [6, 6.07) is 7.83. The zero-order valence-electron chi connectivity index (χ0n) is 11.8. The molecule has 0 aliphatic carbocycles. The Morgan fingerprint density at radius 2 is 1.79 bits per heavy atom. The van der Waals surface area contributed by atoms with Crippen LogP contribution in [0.5, 0.6) is 0 Å². The third-order valence-electron chi connectivity index (χ3n) is 3.41. The number of anilines is 1. The number of benzene rings is 2. The lowest BCUT2D eigenvalue weighted by Gasteiger charge is -2.28. The monoisotopic (exact) mass is 391 g/mol. The zero-order valence-corrected chi connectivity index (χ0v) is 14.2. The molecular formula is C13H11ClFN3O4S2. The van der Waals surface area contributed by atoms with E-state index in [1.807, 2.05) is 0 Å². The molecule has 1 atom stereocenters. The minimum Gasteiger partial charge on any atom is -0.364 e. The molecule has 0 spiro atoms. The van der Waals surface area contributed by atoms with E-state index in [4.69, 9.17) is 16.7 Å². The summed E-state index contributed by atoms with van der Waals surface area (Å²) in [6.07, 6.45) is -0.862. The molecule has 3 rings (SSSR count). The van der Waals surface area contributed by atoms with Crippen LogP contribution in [0.1, 0.15) is 11.7 Å². The van der Waals surface area contributed by atoms with E-state index in [0.29, 0.717) is 16.7 Å². The average molecular weight is 392 g/mol. The van der Waals surface area contributed by atoms with E-state index in [2.05, 4.69) is 10.0 Å². The molecule has 7 nitrogen and oxygen atoms in total. The fraction of sp³-hybridized carbons (Fsp3) is 0.0769. The molecule has 24 heavy (non-hydrogen) atoms.